The Labute approximate surface area is 379 Å². The lowest BCUT2D eigenvalue weighted by Gasteiger charge is -2.31. The minimum Gasteiger partial charge on any atom is -0.506 e. The van der Waals surface area contributed by atoms with E-state index in [0.717, 1.165) is 64.0 Å². The van der Waals surface area contributed by atoms with Crippen molar-refractivity contribution < 1.29 is 29.0 Å². The maximum atomic E-state index is 13.2. The summed E-state index contributed by atoms with van der Waals surface area (Å²) in [4.78, 5) is 57.6. The third kappa shape index (κ3) is 12.6. The number of ether oxygens (including phenoxy) is 2. The quantitative estimate of drug-likeness (QED) is 0.0585. The van der Waals surface area contributed by atoms with Crippen molar-refractivity contribution in [2.75, 3.05) is 50.6 Å². The second-order valence-corrected chi connectivity index (χ2v) is 16.6. The van der Waals surface area contributed by atoms with Crippen molar-refractivity contribution in [3.8, 4) is 22.6 Å². The number of likely N-dealkylation sites (tertiary alicyclic amines) is 1. The summed E-state index contributed by atoms with van der Waals surface area (Å²) < 4.78 is 11.4. The highest BCUT2D eigenvalue weighted by molar-refractivity contribution is 5.93. The zero-order valence-corrected chi connectivity index (χ0v) is 37.3. The molecule has 0 saturated carbocycles. The van der Waals surface area contributed by atoms with E-state index in [9.17, 15) is 24.3 Å². The third-order valence-electron chi connectivity index (χ3n) is 12.0. The molecule has 1 saturated heterocycles. The van der Waals surface area contributed by atoms with E-state index < -0.39 is 6.09 Å². The van der Waals surface area contributed by atoms with Gasteiger partial charge in [0.1, 0.15) is 17.6 Å². The van der Waals surface area contributed by atoms with Crippen LogP contribution in [0.5, 0.6) is 11.5 Å². The number of phenolic OH excluding ortho intramolecular Hbond substituents is 1. The largest absolute Gasteiger partial charge is 0.506 e. The van der Waals surface area contributed by atoms with Gasteiger partial charge in [-0.05, 0) is 97.8 Å². The number of hydrogen-bond acceptors (Lipinski definition) is 9. The molecule has 5 aromatic carbocycles. The highest BCUT2D eigenvalue weighted by Gasteiger charge is 2.24. The second-order valence-electron chi connectivity index (χ2n) is 16.6. The van der Waals surface area contributed by atoms with E-state index in [4.69, 9.17) is 9.47 Å². The molecule has 1 aliphatic rings. The van der Waals surface area contributed by atoms with Gasteiger partial charge in [-0.2, -0.15) is 0 Å². The molecule has 7 rings (SSSR count). The number of amides is 3. The van der Waals surface area contributed by atoms with Crippen molar-refractivity contribution in [1.29, 1.82) is 0 Å². The number of benzene rings is 5. The predicted octanol–water partition coefficient (Wildman–Crippen LogP) is 7.60. The Kier molecular flexibility index (Phi) is 15.7. The first-order valence-electron chi connectivity index (χ1n) is 22.2. The number of pyridine rings is 1. The molecule has 65 heavy (non-hydrogen) atoms. The molecule has 0 bridgehead atoms. The molecule has 1 fully saturated rings. The van der Waals surface area contributed by atoms with Crippen LogP contribution in [0.1, 0.15) is 48.4 Å². The van der Waals surface area contributed by atoms with Gasteiger partial charge in [-0.15, -0.1) is 0 Å². The molecular formula is C52H58N6O7. The molecule has 0 radical (unpaired) electrons. The number of aromatic nitrogens is 1. The zero-order chi connectivity index (χ0) is 45.7. The van der Waals surface area contributed by atoms with Gasteiger partial charge in [-0.1, -0.05) is 78.9 Å². The molecule has 1 unspecified atom stereocenters. The number of aromatic amines is 1. The molecule has 1 atom stereocenters. The minimum atomic E-state index is -0.466. The Morgan fingerprint density at radius 1 is 0.877 bits per heavy atom. The van der Waals surface area contributed by atoms with Crippen LogP contribution >= 0.6 is 0 Å². The number of para-hydroxylation sites is 1. The maximum Gasteiger partial charge on any atom is 0.411 e. The second kappa shape index (κ2) is 22.1. The van der Waals surface area contributed by atoms with Crippen LogP contribution in [-0.2, 0) is 40.1 Å². The fourth-order valence-corrected chi connectivity index (χ4v) is 8.33. The number of carbonyl (C=O) groups is 3. The van der Waals surface area contributed by atoms with Crippen LogP contribution in [0, 0.1) is 0 Å². The lowest BCUT2D eigenvalue weighted by Crippen LogP contribution is -2.40. The number of nitrogens with one attached hydrogen (secondary N) is 4. The van der Waals surface area contributed by atoms with E-state index in [-0.39, 0.29) is 41.7 Å². The summed E-state index contributed by atoms with van der Waals surface area (Å²) in [6.07, 6.45) is 2.72. The summed E-state index contributed by atoms with van der Waals surface area (Å²) in [5.74, 6) is 0.576. The number of methoxy groups -OCH3 is 1. The highest BCUT2D eigenvalue weighted by Crippen LogP contribution is 2.29. The summed E-state index contributed by atoms with van der Waals surface area (Å²) in [6.45, 7) is 5.24. The molecule has 13 heteroatoms. The Hall–Kier alpha value is -6.96. The van der Waals surface area contributed by atoms with Gasteiger partial charge in [0.05, 0.1) is 24.7 Å². The molecule has 6 aromatic rings. The van der Waals surface area contributed by atoms with Crippen LogP contribution in [0.4, 0.5) is 16.2 Å². The van der Waals surface area contributed by atoms with E-state index in [1.165, 1.54) is 6.07 Å². The van der Waals surface area contributed by atoms with Crippen molar-refractivity contribution in [1.82, 2.24) is 20.5 Å². The van der Waals surface area contributed by atoms with Gasteiger partial charge in [0.25, 0.3) is 0 Å². The van der Waals surface area contributed by atoms with E-state index in [1.54, 1.807) is 31.2 Å². The normalized spacial score (nSPS) is 13.5. The molecule has 0 spiro atoms. The first-order chi connectivity index (χ1) is 31.5. The van der Waals surface area contributed by atoms with Crippen molar-refractivity contribution in [3.63, 3.8) is 0 Å². The standard InChI is InChI=1S/C52H58N6O7/c1-35(53-27-23-39-16-20-46(59)51-44(39)19-22-48(60)56-51)31-37-15-21-47(64-3)40(32-37)33-49(61)54-34-36-13-17-41(18-14-36)57(2)50(62)26-30-58-28-24-42(25-29-58)65-52(63)55-45-12-8-7-11-43(45)38-9-5-4-6-10-38/h4-22,32,35,42,53,59H,23-31,33-34H2,1-3H3,(H,54,61)(H,55,63)(H,56,60). The van der Waals surface area contributed by atoms with Gasteiger partial charge in [0, 0.05) is 74.0 Å². The molecule has 3 amide bonds. The smallest absolute Gasteiger partial charge is 0.411 e. The number of rotatable bonds is 18. The van der Waals surface area contributed by atoms with E-state index in [0.29, 0.717) is 62.3 Å². The first kappa shape index (κ1) is 46.0. The summed E-state index contributed by atoms with van der Waals surface area (Å²) in [7, 11) is 3.37. The SMILES string of the molecule is COc1ccc(CC(C)NCCc2ccc(O)c3[nH]c(=O)ccc23)cc1CC(=O)NCc1ccc(N(C)C(=O)CCN2CCC(OC(=O)Nc3ccccc3-c3ccccc3)CC2)cc1. The van der Waals surface area contributed by atoms with Gasteiger partial charge in [0.2, 0.25) is 17.4 Å². The monoisotopic (exact) mass is 878 g/mol. The topological polar surface area (TPSA) is 165 Å². The molecule has 13 nitrogen and oxygen atoms in total. The summed E-state index contributed by atoms with van der Waals surface area (Å²) in [5.41, 5.74) is 7.43. The molecular weight excluding hydrogens is 821 g/mol. The molecule has 0 aliphatic carbocycles. The number of fused-ring (bicyclic) bond motifs is 1. The minimum absolute atomic E-state index is 0.00427. The Bertz CT molecular complexity index is 2630. The van der Waals surface area contributed by atoms with Crippen LogP contribution in [0.25, 0.3) is 22.0 Å². The van der Waals surface area contributed by atoms with Crippen LogP contribution < -0.4 is 31.1 Å². The number of aromatic hydroxyl groups is 1. The van der Waals surface area contributed by atoms with Crippen molar-refractivity contribution in [2.45, 2.75) is 64.1 Å². The van der Waals surface area contributed by atoms with Crippen LogP contribution in [0.15, 0.2) is 126 Å². The number of anilines is 2. The third-order valence-corrected chi connectivity index (χ3v) is 12.0. The fraction of sp³-hybridized carbons (Fsp3) is 0.308. The van der Waals surface area contributed by atoms with Gasteiger partial charge in [-0.3, -0.25) is 19.7 Å². The number of phenols is 1. The molecule has 1 aliphatic heterocycles. The number of carbonyl (C=O) groups excluding carboxylic acids is 3. The Morgan fingerprint density at radius 2 is 1.62 bits per heavy atom. The Balaban J connectivity index is 0.807. The first-order valence-corrected chi connectivity index (χ1v) is 22.2. The van der Waals surface area contributed by atoms with Gasteiger partial charge >= 0.3 is 6.09 Å². The molecule has 5 N–H and O–H groups in total. The Morgan fingerprint density at radius 3 is 2.38 bits per heavy atom. The van der Waals surface area contributed by atoms with Gasteiger partial charge in [-0.25, -0.2) is 4.79 Å². The van der Waals surface area contributed by atoms with Gasteiger partial charge in [0.15, 0.2) is 0 Å². The lowest BCUT2D eigenvalue weighted by molar-refractivity contribution is -0.120. The van der Waals surface area contributed by atoms with Crippen molar-refractivity contribution in [3.05, 3.63) is 154 Å². The number of piperidine rings is 1. The average molecular weight is 879 g/mol. The van der Waals surface area contributed by atoms with Crippen LogP contribution in [-0.4, -0.2) is 85.4 Å². The van der Waals surface area contributed by atoms with E-state index in [1.807, 2.05) is 103 Å². The summed E-state index contributed by atoms with van der Waals surface area (Å²) in [6, 6.07) is 38.0. The summed E-state index contributed by atoms with van der Waals surface area (Å²) in [5, 5.41) is 20.5. The molecule has 338 valence electrons. The van der Waals surface area contributed by atoms with Crippen LogP contribution in [0.3, 0.4) is 0 Å². The molecule has 1 aromatic heterocycles. The average Bonchev–Trinajstić information content (AvgIpc) is 3.32. The van der Waals surface area contributed by atoms with Crippen molar-refractivity contribution in [2.24, 2.45) is 0 Å². The van der Waals surface area contributed by atoms with E-state index in [2.05, 4.69) is 32.8 Å². The number of H-pyrrole nitrogens is 1. The fourth-order valence-electron chi connectivity index (χ4n) is 8.33. The number of nitrogens with zero attached hydrogens (tertiary/aromatic N) is 2. The predicted molar refractivity (Wildman–Crippen MR) is 256 cm³/mol. The van der Waals surface area contributed by atoms with Gasteiger partial charge < -0.3 is 40.0 Å². The van der Waals surface area contributed by atoms with E-state index >= 15 is 0 Å². The summed E-state index contributed by atoms with van der Waals surface area (Å²) >= 11 is 0. The lowest BCUT2D eigenvalue weighted by atomic mass is 10.0. The molecule has 2 heterocycles. The number of hydrogen-bond donors (Lipinski definition) is 5. The van der Waals surface area contributed by atoms with Crippen molar-refractivity contribution >= 4 is 40.2 Å². The van der Waals surface area contributed by atoms with Crippen LogP contribution in [0.2, 0.25) is 0 Å². The maximum absolute atomic E-state index is 13.2. The highest BCUT2D eigenvalue weighted by atomic mass is 16.6. The zero-order valence-electron chi connectivity index (χ0n) is 37.3.